The Labute approximate surface area is 163 Å². The minimum absolute atomic E-state index is 0.00461. The van der Waals surface area contributed by atoms with E-state index in [0.717, 1.165) is 5.56 Å². The molecule has 150 valence electrons. The van der Waals surface area contributed by atoms with Gasteiger partial charge in [-0.2, -0.15) is 13.2 Å². The lowest BCUT2D eigenvalue weighted by Crippen LogP contribution is -2.30. The predicted molar refractivity (Wildman–Crippen MR) is 98.7 cm³/mol. The lowest BCUT2D eigenvalue weighted by molar-refractivity contribution is -0.153. The Hall–Kier alpha value is -2.94. The Morgan fingerprint density at radius 3 is 2.57 bits per heavy atom. The Morgan fingerprint density at radius 2 is 1.89 bits per heavy atom. The zero-order chi connectivity index (χ0) is 20.7. The highest BCUT2D eigenvalue weighted by atomic mass is 35.5. The van der Waals surface area contributed by atoms with E-state index in [0.29, 0.717) is 12.0 Å². The number of nitrogens with one attached hydrogen (secondary N) is 2. The molecule has 0 spiro atoms. The summed E-state index contributed by atoms with van der Waals surface area (Å²) < 4.78 is 41.7. The van der Waals surface area contributed by atoms with Gasteiger partial charge >= 0.3 is 12.2 Å². The van der Waals surface area contributed by atoms with E-state index in [-0.39, 0.29) is 23.0 Å². The lowest BCUT2D eigenvalue weighted by Gasteiger charge is -2.14. The van der Waals surface area contributed by atoms with Crippen molar-refractivity contribution in [2.45, 2.75) is 12.6 Å². The molecule has 0 aliphatic carbocycles. The summed E-state index contributed by atoms with van der Waals surface area (Å²) >= 11 is 5.83. The van der Waals surface area contributed by atoms with Gasteiger partial charge in [0.15, 0.2) is 6.61 Å². The van der Waals surface area contributed by atoms with E-state index < -0.39 is 24.7 Å². The highest BCUT2D eigenvalue weighted by Gasteiger charge is 2.29. The van der Waals surface area contributed by atoms with Crippen LogP contribution in [0.3, 0.4) is 0 Å². The lowest BCUT2D eigenvalue weighted by atomic mass is 10.1. The first-order valence-electron chi connectivity index (χ1n) is 8.07. The van der Waals surface area contributed by atoms with Crippen molar-refractivity contribution in [2.24, 2.45) is 5.73 Å². The Bertz CT molecular complexity index is 859. The number of carbonyl (C=O) groups is 2. The van der Waals surface area contributed by atoms with E-state index in [1.165, 1.54) is 18.2 Å². The molecule has 2 aromatic carbocycles. The molecule has 3 amide bonds. The molecule has 0 saturated carbocycles. The highest BCUT2D eigenvalue weighted by molar-refractivity contribution is 6.31. The van der Waals surface area contributed by atoms with Gasteiger partial charge in [-0.25, -0.2) is 4.79 Å². The number of benzene rings is 2. The molecule has 2 rings (SSSR count). The fraction of sp³-hybridized carbons (Fsp3) is 0.222. The number of ether oxygens (including phenoxy) is 1. The van der Waals surface area contributed by atoms with E-state index >= 15 is 0 Å². The molecule has 0 bridgehead atoms. The Kier molecular flexibility index (Phi) is 7.11. The van der Waals surface area contributed by atoms with Crippen LogP contribution in [0.5, 0.6) is 5.75 Å². The minimum atomic E-state index is -4.52. The van der Waals surface area contributed by atoms with Crippen molar-refractivity contribution in [3.8, 4) is 5.75 Å². The largest absolute Gasteiger partial charge is 0.482 e. The first-order chi connectivity index (χ1) is 13.1. The maximum atomic E-state index is 12.3. The average molecular weight is 416 g/mol. The molecule has 10 heteroatoms. The summed E-state index contributed by atoms with van der Waals surface area (Å²) in [6, 6.07) is 9.85. The minimum Gasteiger partial charge on any atom is -0.482 e. The highest BCUT2D eigenvalue weighted by Crippen LogP contribution is 2.29. The van der Waals surface area contributed by atoms with E-state index in [1.54, 1.807) is 24.3 Å². The molecular formula is C18H17ClF3N3O3. The van der Waals surface area contributed by atoms with Crippen LogP contribution in [0, 0.1) is 0 Å². The van der Waals surface area contributed by atoms with Crippen molar-refractivity contribution in [1.29, 1.82) is 0 Å². The van der Waals surface area contributed by atoms with Gasteiger partial charge in [0.05, 0.1) is 5.69 Å². The molecule has 4 N–H and O–H groups in total. The average Bonchev–Trinajstić information content (AvgIpc) is 2.60. The molecule has 0 fully saturated rings. The monoisotopic (exact) mass is 415 g/mol. The fourth-order valence-corrected chi connectivity index (χ4v) is 2.42. The third-order valence-electron chi connectivity index (χ3n) is 3.49. The second kappa shape index (κ2) is 9.32. The smallest absolute Gasteiger partial charge is 0.422 e. The zero-order valence-corrected chi connectivity index (χ0v) is 15.2. The molecular weight excluding hydrogens is 399 g/mol. The number of primary amides is 1. The number of halogens is 4. The Morgan fingerprint density at radius 1 is 1.14 bits per heavy atom. The maximum Gasteiger partial charge on any atom is 0.422 e. The number of anilines is 1. The number of alkyl halides is 3. The topological polar surface area (TPSA) is 93.5 Å². The number of amides is 3. The van der Waals surface area contributed by atoms with Crippen LogP contribution in [-0.2, 0) is 6.42 Å². The summed E-state index contributed by atoms with van der Waals surface area (Å²) in [5, 5.41) is 5.18. The van der Waals surface area contributed by atoms with Gasteiger partial charge in [0.2, 0.25) is 5.91 Å². The molecule has 6 nitrogen and oxygen atoms in total. The van der Waals surface area contributed by atoms with Crippen LogP contribution in [0.2, 0.25) is 5.02 Å². The first kappa shape index (κ1) is 21.4. The number of nitrogens with two attached hydrogens (primary N) is 1. The van der Waals surface area contributed by atoms with Gasteiger partial charge in [0.25, 0.3) is 0 Å². The second-order valence-corrected chi connectivity index (χ2v) is 6.18. The van der Waals surface area contributed by atoms with Crippen LogP contribution >= 0.6 is 11.6 Å². The van der Waals surface area contributed by atoms with Crippen LogP contribution in [0.1, 0.15) is 15.9 Å². The van der Waals surface area contributed by atoms with Crippen LogP contribution in [-0.4, -0.2) is 31.3 Å². The van der Waals surface area contributed by atoms with Crippen molar-refractivity contribution in [3.05, 3.63) is 58.6 Å². The summed E-state index contributed by atoms with van der Waals surface area (Å²) in [6.07, 6.45) is -4.10. The van der Waals surface area contributed by atoms with E-state index in [4.69, 9.17) is 22.1 Å². The zero-order valence-electron chi connectivity index (χ0n) is 14.5. The maximum absolute atomic E-state index is 12.3. The Balaban J connectivity index is 1.93. The van der Waals surface area contributed by atoms with Crippen LogP contribution in [0.25, 0.3) is 0 Å². The molecule has 0 aliphatic rings. The normalized spacial score (nSPS) is 11.0. The standard InChI is InChI=1S/C18H17ClF3N3O3/c19-13-4-5-15(28-10-18(20,21)22)14(9-13)25-17(27)24-7-6-11-2-1-3-12(8-11)16(23)26/h1-5,8-9H,6-7,10H2,(H2,23,26)(H2,24,25,27). The SMILES string of the molecule is NC(=O)c1cccc(CCNC(=O)Nc2cc(Cl)ccc2OCC(F)(F)F)c1. The van der Waals surface area contributed by atoms with Crippen molar-refractivity contribution in [2.75, 3.05) is 18.5 Å². The number of urea groups is 1. The van der Waals surface area contributed by atoms with Crippen molar-refractivity contribution < 1.29 is 27.5 Å². The molecule has 0 saturated heterocycles. The summed E-state index contributed by atoms with van der Waals surface area (Å²) in [4.78, 5) is 23.2. The van der Waals surface area contributed by atoms with Crippen molar-refractivity contribution >= 4 is 29.2 Å². The molecule has 0 heterocycles. The third kappa shape index (κ3) is 6.99. The van der Waals surface area contributed by atoms with Gasteiger partial charge in [-0.3, -0.25) is 4.79 Å². The molecule has 0 aliphatic heterocycles. The molecule has 0 radical (unpaired) electrons. The second-order valence-electron chi connectivity index (χ2n) is 5.74. The quantitative estimate of drug-likeness (QED) is 0.643. The molecule has 2 aromatic rings. The summed E-state index contributed by atoms with van der Waals surface area (Å²) in [6.45, 7) is -1.28. The first-order valence-corrected chi connectivity index (χ1v) is 8.44. The predicted octanol–water partition coefficient (Wildman–Crippen LogP) is 3.74. The van der Waals surface area contributed by atoms with Gasteiger partial charge in [-0.15, -0.1) is 0 Å². The number of rotatable bonds is 7. The number of hydrogen-bond acceptors (Lipinski definition) is 3. The summed E-state index contributed by atoms with van der Waals surface area (Å²) in [5.41, 5.74) is 6.36. The summed E-state index contributed by atoms with van der Waals surface area (Å²) in [5.74, 6) is -0.717. The van der Waals surface area contributed by atoms with Crippen LogP contribution in [0.15, 0.2) is 42.5 Å². The van der Waals surface area contributed by atoms with Gasteiger partial charge in [0, 0.05) is 17.1 Å². The van der Waals surface area contributed by atoms with Crippen LogP contribution in [0.4, 0.5) is 23.7 Å². The molecule has 0 aromatic heterocycles. The van der Waals surface area contributed by atoms with Gasteiger partial charge in [-0.1, -0.05) is 23.7 Å². The van der Waals surface area contributed by atoms with E-state index in [1.807, 2.05) is 0 Å². The van der Waals surface area contributed by atoms with Crippen LogP contribution < -0.4 is 21.1 Å². The molecule has 0 atom stereocenters. The number of carbonyl (C=O) groups excluding carboxylic acids is 2. The molecule has 0 unspecified atom stereocenters. The van der Waals surface area contributed by atoms with E-state index in [2.05, 4.69) is 10.6 Å². The third-order valence-corrected chi connectivity index (χ3v) is 3.73. The van der Waals surface area contributed by atoms with Crippen molar-refractivity contribution in [3.63, 3.8) is 0 Å². The van der Waals surface area contributed by atoms with Crippen molar-refractivity contribution in [1.82, 2.24) is 5.32 Å². The fourth-order valence-electron chi connectivity index (χ4n) is 2.25. The van der Waals surface area contributed by atoms with Gasteiger partial charge in [0.1, 0.15) is 5.75 Å². The molecule has 28 heavy (non-hydrogen) atoms. The van der Waals surface area contributed by atoms with Gasteiger partial charge in [-0.05, 0) is 42.3 Å². The summed E-state index contributed by atoms with van der Waals surface area (Å²) in [7, 11) is 0. The number of hydrogen-bond donors (Lipinski definition) is 3. The van der Waals surface area contributed by atoms with Gasteiger partial charge < -0.3 is 21.1 Å². The van der Waals surface area contributed by atoms with E-state index in [9.17, 15) is 22.8 Å².